The van der Waals surface area contributed by atoms with Crippen molar-refractivity contribution in [3.05, 3.63) is 33.9 Å². The Hall–Kier alpha value is -1.99. The molecule has 1 unspecified atom stereocenters. The third-order valence-corrected chi connectivity index (χ3v) is 4.64. The first-order valence-electron chi connectivity index (χ1n) is 8.84. The molecule has 7 heteroatoms. The average molecular weight is 349 g/mol. The third-order valence-electron chi connectivity index (χ3n) is 4.64. The average Bonchev–Trinajstić information content (AvgIpc) is 2.56. The second-order valence-electron chi connectivity index (χ2n) is 6.87. The van der Waals surface area contributed by atoms with Gasteiger partial charge >= 0.3 is 0 Å². The molecule has 7 nitrogen and oxygen atoms in total. The Labute approximate surface area is 148 Å². The van der Waals surface area contributed by atoms with Crippen LogP contribution in [-0.4, -0.2) is 46.1 Å². The van der Waals surface area contributed by atoms with Crippen LogP contribution in [0.2, 0.25) is 0 Å². The van der Waals surface area contributed by atoms with E-state index in [1.54, 1.807) is 19.9 Å². The highest BCUT2D eigenvalue weighted by Crippen LogP contribution is 2.24. The van der Waals surface area contributed by atoms with Crippen LogP contribution in [0.3, 0.4) is 0 Å². The third kappa shape index (κ3) is 5.79. The van der Waals surface area contributed by atoms with Crippen LogP contribution in [0.5, 0.6) is 0 Å². The number of hydrogen-bond acceptors (Lipinski definition) is 5. The molecule has 0 spiro atoms. The summed E-state index contributed by atoms with van der Waals surface area (Å²) in [5.74, 6) is -0.213. The van der Waals surface area contributed by atoms with Gasteiger partial charge < -0.3 is 10.4 Å². The van der Waals surface area contributed by atoms with Gasteiger partial charge in [-0.3, -0.25) is 19.8 Å². The van der Waals surface area contributed by atoms with Crippen molar-refractivity contribution >= 4 is 17.3 Å². The monoisotopic (exact) mass is 349 g/mol. The van der Waals surface area contributed by atoms with Crippen molar-refractivity contribution in [3.8, 4) is 0 Å². The van der Waals surface area contributed by atoms with Crippen LogP contribution in [0, 0.1) is 17.0 Å². The highest BCUT2D eigenvalue weighted by atomic mass is 16.6. The summed E-state index contributed by atoms with van der Waals surface area (Å²) in [6.07, 6.45) is 5.08. The zero-order valence-electron chi connectivity index (χ0n) is 14.9. The molecule has 0 aliphatic heterocycles. The molecule has 25 heavy (non-hydrogen) atoms. The van der Waals surface area contributed by atoms with E-state index in [-0.39, 0.29) is 18.1 Å². The Balaban J connectivity index is 2.05. The van der Waals surface area contributed by atoms with Gasteiger partial charge in [-0.05, 0) is 32.3 Å². The highest BCUT2D eigenvalue weighted by molar-refractivity contribution is 5.93. The number of non-ortho nitro benzene ring substituents is 1. The van der Waals surface area contributed by atoms with Crippen molar-refractivity contribution in [2.24, 2.45) is 0 Å². The largest absolute Gasteiger partial charge is 0.392 e. The number of benzene rings is 1. The molecule has 1 fully saturated rings. The highest BCUT2D eigenvalue weighted by Gasteiger charge is 2.24. The van der Waals surface area contributed by atoms with Crippen LogP contribution < -0.4 is 5.32 Å². The number of hydrogen-bond donors (Lipinski definition) is 2. The molecule has 1 aliphatic carbocycles. The van der Waals surface area contributed by atoms with E-state index in [9.17, 15) is 20.0 Å². The van der Waals surface area contributed by atoms with E-state index in [4.69, 9.17) is 0 Å². The number of aliphatic hydroxyl groups excluding tert-OH is 1. The summed E-state index contributed by atoms with van der Waals surface area (Å²) >= 11 is 0. The second-order valence-corrected chi connectivity index (χ2v) is 6.87. The van der Waals surface area contributed by atoms with E-state index in [0.29, 0.717) is 18.3 Å². The number of carbonyl (C=O) groups excluding carboxylic acids is 1. The first-order chi connectivity index (χ1) is 11.9. The van der Waals surface area contributed by atoms with Crippen LogP contribution in [0.1, 0.15) is 44.6 Å². The molecule has 0 saturated heterocycles. The van der Waals surface area contributed by atoms with Gasteiger partial charge in [0.15, 0.2) is 0 Å². The van der Waals surface area contributed by atoms with E-state index in [1.165, 1.54) is 18.6 Å². The van der Waals surface area contributed by atoms with Crippen LogP contribution in [0.25, 0.3) is 0 Å². The lowest BCUT2D eigenvalue weighted by atomic mass is 9.94. The number of nitro benzene ring substituents is 1. The molecular weight excluding hydrogens is 322 g/mol. The number of anilines is 1. The summed E-state index contributed by atoms with van der Waals surface area (Å²) in [7, 11) is 0. The predicted octanol–water partition coefficient (Wildman–Crippen LogP) is 2.86. The van der Waals surface area contributed by atoms with Gasteiger partial charge in [0, 0.05) is 24.7 Å². The van der Waals surface area contributed by atoms with E-state index in [2.05, 4.69) is 5.32 Å². The normalized spacial score (nSPS) is 16.6. The fourth-order valence-electron chi connectivity index (χ4n) is 3.36. The van der Waals surface area contributed by atoms with E-state index in [0.717, 1.165) is 31.2 Å². The Kier molecular flexibility index (Phi) is 6.90. The van der Waals surface area contributed by atoms with E-state index < -0.39 is 11.0 Å². The number of aryl methyl sites for hydroxylation is 1. The Morgan fingerprint density at radius 1 is 1.40 bits per heavy atom. The molecule has 1 saturated carbocycles. The van der Waals surface area contributed by atoms with Crippen molar-refractivity contribution in [1.29, 1.82) is 0 Å². The molecule has 0 bridgehead atoms. The number of amides is 1. The van der Waals surface area contributed by atoms with Crippen LogP contribution in [-0.2, 0) is 4.79 Å². The number of nitrogens with one attached hydrogen (secondary N) is 1. The van der Waals surface area contributed by atoms with E-state index >= 15 is 0 Å². The van der Waals surface area contributed by atoms with Gasteiger partial charge in [0.25, 0.3) is 5.69 Å². The van der Waals surface area contributed by atoms with Gasteiger partial charge in [-0.1, -0.05) is 25.3 Å². The van der Waals surface area contributed by atoms with Crippen molar-refractivity contribution in [2.75, 3.05) is 18.4 Å². The molecule has 1 aromatic carbocycles. The number of nitrogens with zero attached hydrogens (tertiary/aromatic N) is 2. The molecule has 2 N–H and O–H groups in total. The Bertz CT molecular complexity index is 612. The number of carbonyl (C=O) groups is 1. The van der Waals surface area contributed by atoms with Crippen LogP contribution in [0.4, 0.5) is 11.4 Å². The number of rotatable bonds is 7. The molecule has 0 heterocycles. The minimum absolute atomic E-state index is 0.0472. The Morgan fingerprint density at radius 2 is 2.08 bits per heavy atom. The molecule has 138 valence electrons. The molecule has 0 radical (unpaired) electrons. The van der Waals surface area contributed by atoms with Gasteiger partial charge in [-0.25, -0.2) is 0 Å². The molecular formula is C18H27N3O4. The minimum atomic E-state index is -0.505. The molecule has 1 aliphatic rings. The topological polar surface area (TPSA) is 95.7 Å². The summed E-state index contributed by atoms with van der Waals surface area (Å²) in [6.45, 7) is 4.15. The van der Waals surface area contributed by atoms with Crippen LogP contribution in [0.15, 0.2) is 18.2 Å². The lowest BCUT2D eigenvalue weighted by molar-refractivity contribution is -0.384. The quantitative estimate of drug-likeness (QED) is 0.583. The Morgan fingerprint density at radius 3 is 2.68 bits per heavy atom. The lowest BCUT2D eigenvalue weighted by Gasteiger charge is -2.34. The maximum absolute atomic E-state index is 12.5. The van der Waals surface area contributed by atoms with Crippen LogP contribution >= 0.6 is 0 Å². The van der Waals surface area contributed by atoms with E-state index in [1.807, 2.05) is 4.90 Å². The fourth-order valence-corrected chi connectivity index (χ4v) is 3.36. The van der Waals surface area contributed by atoms with Crippen molar-refractivity contribution < 1.29 is 14.8 Å². The second kappa shape index (κ2) is 8.92. The van der Waals surface area contributed by atoms with Crippen molar-refractivity contribution in [1.82, 2.24) is 4.90 Å². The summed E-state index contributed by atoms with van der Waals surface area (Å²) in [5.41, 5.74) is 1.19. The van der Waals surface area contributed by atoms with Gasteiger partial charge in [-0.15, -0.1) is 0 Å². The molecule has 0 aromatic heterocycles. The van der Waals surface area contributed by atoms with Gasteiger partial charge in [0.05, 0.1) is 23.3 Å². The molecule has 1 aromatic rings. The van der Waals surface area contributed by atoms with Gasteiger partial charge in [0.2, 0.25) is 5.91 Å². The first kappa shape index (κ1) is 19.3. The maximum Gasteiger partial charge on any atom is 0.271 e. The van der Waals surface area contributed by atoms with Crippen molar-refractivity contribution in [3.63, 3.8) is 0 Å². The molecule has 2 rings (SSSR count). The first-order valence-corrected chi connectivity index (χ1v) is 8.84. The van der Waals surface area contributed by atoms with Gasteiger partial charge in [0.1, 0.15) is 0 Å². The summed E-state index contributed by atoms with van der Waals surface area (Å²) in [6, 6.07) is 4.74. The molecule has 1 atom stereocenters. The lowest BCUT2D eigenvalue weighted by Crippen LogP contribution is -2.45. The zero-order valence-corrected chi connectivity index (χ0v) is 14.9. The standard InChI is InChI=1S/C18H27N3O4/c1-13-8-9-16(21(24)25)10-17(13)19-18(23)12-20(11-14(2)22)15-6-4-3-5-7-15/h8-10,14-15,22H,3-7,11-12H2,1-2H3,(H,19,23). The number of aliphatic hydroxyl groups is 1. The predicted molar refractivity (Wildman–Crippen MR) is 96.6 cm³/mol. The minimum Gasteiger partial charge on any atom is -0.392 e. The maximum atomic E-state index is 12.5. The smallest absolute Gasteiger partial charge is 0.271 e. The summed E-state index contributed by atoms with van der Waals surface area (Å²) in [4.78, 5) is 24.9. The molecule has 1 amide bonds. The number of nitro groups is 1. The SMILES string of the molecule is Cc1ccc([N+](=O)[O-])cc1NC(=O)CN(CC(C)O)C1CCCCC1. The zero-order chi connectivity index (χ0) is 18.4. The van der Waals surface area contributed by atoms with Crippen molar-refractivity contribution in [2.45, 2.75) is 58.1 Å². The van der Waals surface area contributed by atoms with Gasteiger partial charge in [-0.2, -0.15) is 0 Å². The fraction of sp³-hybridized carbons (Fsp3) is 0.611. The summed E-state index contributed by atoms with van der Waals surface area (Å²) in [5, 5.41) is 23.4. The summed E-state index contributed by atoms with van der Waals surface area (Å²) < 4.78 is 0.